The SMILES string of the molecule is COc1cc(NC(=O)CSc2ccc(C(F)(F)F)cc2)ccc1/C=N/CNC(=O)c1ccc(O)c(C#N)c1. The summed E-state index contributed by atoms with van der Waals surface area (Å²) in [5.41, 5.74) is 0.456. The third-order valence-electron chi connectivity index (χ3n) is 5.01. The monoisotopic (exact) mass is 542 g/mol. The first-order valence-electron chi connectivity index (χ1n) is 10.9. The molecular formula is C26H21F3N4O4S. The number of amides is 2. The van der Waals surface area contributed by atoms with Gasteiger partial charge in [0.15, 0.2) is 0 Å². The lowest BCUT2D eigenvalue weighted by atomic mass is 10.1. The summed E-state index contributed by atoms with van der Waals surface area (Å²) in [5, 5.41) is 23.8. The molecular weight excluding hydrogens is 521 g/mol. The molecule has 2 amide bonds. The molecule has 38 heavy (non-hydrogen) atoms. The Morgan fingerprint density at radius 2 is 1.87 bits per heavy atom. The van der Waals surface area contributed by atoms with E-state index in [4.69, 9.17) is 10.00 Å². The number of aromatic hydroxyl groups is 1. The first kappa shape index (κ1) is 28.1. The highest BCUT2D eigenvalue weighted by molar-refractivity contribution is 8.00. The number of anilines is 1. The molecule has 0 radical (unpaired) electrons. The van der Waals surface area contributed by atoms with Gasteiger partial charge in [0.25, 0.3) is 5.91 Å². The number of aliphatic imine (C=N–C) groups is 1. The van der Waals surface area contributed by atoms with Crippen LogP contribution in [0, 0.1) is 11.3 Å². The number of nitrogens with one attached hydrogen (secondary N) is 2. The number of alkyl halides is 3. The van der Waals surface area contributed by atoms with Gasteiger partial charge in [0.05, 0.1) is 24.0 Å². The predicted molar refractivity (Wildman–Crippen MR) is 137 cm³/mol. The van der Waals surface area contributed by atoms with E-state index in [1.807, 2.05) is 0 Å². The van der Waals surface area contributed by atoms with Crippen LogP contribution in [0.4, 0.5) is 18.9 Å². The van der Waals surface area contributed by atoms with Crippen molar-refractivity contribution >= 4 is 35.5 Å². The highest BCUT2D eigenvalue weighted by atomic mass is 32.2. The molecule has 0 aromatic heterocycles. The van der Waals surface area contributed by atoms with Crippen LogP contribution in [0.25, 0.3) is 0 Å². The summed E-state index contributed by atoms with van der Waals surface area (Å²) in [6.07, 6.45) is -2.94. The van der Waals surface area contributed by atoms with Crippen molar-refractivity contribution in [2.45, 2.75) is 11.1 Å². The van der Waals surface area contributed by atoms with Crippen LogP contribution in [0.15, 0.2) is 70.6 Å². The lowest BCUT2D eigenvalue weighted by Gasteiger charge is -2.10. The Kier molecular flexibility index (Phi) is 9.34. The van der Waals surface area contributed by atoms with E-state index in [0.717, 1.165) is 23.9 Å². The number of hydrogen-bond acceptors (Lipinski definition) is 7. The average molecular weight is 543 g/mol. The smallest absolute Gasteiger partial charge is 0.416 e. The van der Waals surface area contributed by atoms with Crippen LogP contribution in [0.5, 0.6) is 11.5 Å². The van der Waals surface area contributed by atoms with Gasteiger partial charge in [-0.3, -0.25) is 14.6 Å². The Labute approximate surface area is 220 Å². The fraction of sp³-hybridized carbons (Fsp3) is 0.154. The normalized spacial score (nSPS) is 11.1. The second-order valence-corrected chi connectivity index (χ2v) is 8.68. The number of halogens is 3. The number of methoxy groups -OCH3 is 1. The van der Waals surface area contributed by atoms with Gasteiger partial charge in [-0.15, -0.1) is 11.8 Å². The summed E-state index contributed by atoms with van der Waals surface area (Å²) in [6.45, 7) is -0.0651. The number of rotatable bonds is 9. The van der Waals surface area contributed by atoms with Crippen LogP contribution < -0.4 is 15.4 Å². The molecule has 0 aliphatic rings. The van der Waals surface area contributed by atoms with Crippen molar-refractivity contribution < 1.29 is 32.6 Å². The van der Waals surface area contributed by atoms with Crippen LogP contribution in [-0.4, -0.2) is 42.7 Å². The van der Waals surface area contributed by atoms with E-state index in [2.05, 4.69) is 15.6 Å². The predicted octanol–water partition coefficient (Wildman–Crippen LogP) is 4.83. The van der Waals surface area contributed by atoms with E-state index in [9.17, 15) is 27.9 Å². The molecule has 12 heteroatoms. The molecule has 3 aromatic rings. The summed E-state index contributed by atoms with van der Waals surface area (Å²) in [7, 11) is 1.44. The zero-order valence-corrected chi connectivity index (χ0v) is 20.7. The Morgan fingerprint density at radius 3 is 2.53 bits per heavy atom. The lowest BCUT2D eigenvalue weighted by molar-refractivity contribution is -0.137. The maximum Gasteiger partial charge on any atom is 0.416 e. The van der Waals surface area contributed by atoms with Crippen LogP contribution in [0.2, 0.25) is 0 Å². The minimum atomic E-state index is -4.42. The number of phenols is 1. The number of carbonyl (C=O) groups is 2. The molecule has 0 saturated carbocycles. The third kappa shape index (κ3) is 7.75. The van der Waals surface area contributed by atoms with Crippen LogP contribution >= 0.6 is 11.8 Å². The van der Waals surface area contributed by atoms with Crippen LogP contribution in [0.3, 0.4) is 0 Å². The zero-order valence-electron chi connectivity index (χ0n) is 19.9. The van der Waals surface area contributed by atoms with Crippen molar-refractivity contribution in [1.82, 2.24) is 5.32 Å². The van der Waals surface area contributed by atoms with Gasteiger partial charge >= 0.3 is 6.18 Å². The molecule has 3 rings (SSSR count). The van der Waals surface area contributed by atoms with E-state index in [1.54, 1.807) is 24.3 Å². The van der Waals surface area contributed by atoms with Crippen LogP contribution in [-0.2, 0) is 11.0 Å². The molecule has 0 heterocycles. The quantitative estimate of drug-likeness (QED) is 0.263. The fourth-order valence-electron chi connectivity index (χ4n) is 3.11. The molecule has 196 valence electrons. The topological polar surface area (TPSA) is 124 Å². The van der Waals surface area contributed by atoms with Gasteiger partial charge in [0, 0.05) is 34.0 Å². The summed E-state index contributed by atoms with van der Waals surface area (Å²) in [4.78, 5) is 29.2. The largest absolute Gasteiger partial charge is 0.507 e. The first-order chi connectivity index (χ1) is 18.1. The van der Waals surface area contributed by atoms with E-state index in [-0.39, 0.29) is 35.2 Å². The molecule has 0 fully saturated rings. The molecule has 8 nitrogen and oxygen atoms in total. The second kappa shape index (κ2) is 12.6. The van der Waals surface area contributed by atoms with Crippen molar-refractivity contribution in [3.63, 3.8) is 0 Å². The highest BCUT2D eigenvalue weighted by Crippen LogP contribution is 2.31. The van der Waals surface area contributed by atoms with Gasteiger partial charge in [-0.2, -0.15) is 18.4 Å². The fourth-order valence-corrected chi connectivity index (χ4v) is 3.81. The Bertz CT molecular complexity index is 1390. The standard InChI is InChI=1S/C26H21F3N4O4S/c1-37-23-11-20(33-24(35)14-38-21-7-4-19(5-8-21)26(27,28)29)6-2-17(23)13-31-15-32-25(36)16-3-9-22(34)18(10-16)12-30/h2-11,13,34H,14-15H2,1H3,(H,32,36)(H,33,35)/b31-13+. The molecule has 0 aliphatic heterocycles. The minimum absolute atomic E-state index is 0.00647. The number of ether oxygens (including phenoxy) is 1. The van der Waals surface area contributed by atoms with E-state index < -0.39 is 17.6 Å². The van der Waals surface area contributed by atoms with Gasteiger partial charge in [-0.05, 0) is 54.6 Å². The number of thioether (sulfide) groups is 1. The van der Waals surface area contributed by atoms with Crippen molar-refractivity contribution in [3.05, 3.63) is 82.9 Å². The van der Waals surface area contributed by atoms with E-state index in [0.29, 0.717) is 21.9 Å². The summed E-state index contributed by atoms with van der Waals surface area (Å²) in [6, 6.07) is 15.1. The summed E-state index contributed by atoms with van der Waals surface area (Å²) < 4.78 is 43.3. The maximum absolute atomic E-state index is 12.7. The Balaban J connectivity index is 1.52. The Morgan fingerprint density at radius 1 is 1.13 bits per heavy atom. The molecule has 3 aromatic carbocycles. The average Bonchev–Trinajstić information content (AvgIpc) is 2.90. The maximum atomic E-state index is 12.7. The van der Waals surface area contributed by atoms with Gasteiger partial charge < -0.3 is 20.5 Å². The molecule has 0 bridgehead atoms. The second-order valence-electron chi connectivity index (χ2n) is 7.64. The number of nitrogens with zero attached hydrogens (tertiary/aromatic N) is 2. The van der Waals surface area contributed by atoms with Crippen molar-refractivity contribution in [3.8, 4) is 17.6 Å². The first-order valence-corrected chi connectivity index (χ1v) is 11.9. The third-order valence-corrected chi connectivity index (χ3v) is 6.02. The van der Waals surface area contributed by atoms with Crippen molar-refractivity contribution in [2.75, 3.05) is 24.8 Å². The number of hydrogen-bond donors (Lipinski definition) is 3. The van der Waals surface area contributed by atoms with Gasteiger partial charge in [0.2, 0.25) is 5.91 Å². The Hall–Kier alpha value is -4.50. The van der Waals surface area contributed by atoms with E-state index in [1.165, 1.54) is 43.7 Å². The van der Waals surface area contributed by atoms with Crippen LogP contribution in [0.1, 0.15) is 27.0 Å². The number of benzene rings is 3. The molecule has 0 aliphatic carbocycles. The number of nitriles is 1. The highest BCUT2D eigenvalue weighted by Gasteiger charge is 2.29. The summed E-state index contributed by atoms with van der Waals surface area (Å²) in [5.74, 6) is -0.641. The molecule has 0 atom stereocenters. The minimum Gasteiger partial charge on any atom is -0.507 e. The molecule has 3 N–H and O–H groups in total. The number of carbonyl (C=O) groups excluding carboxylic acids is 2. The van der Waals surface area contributed by atoms with E-state index >= 15 is 0 Å². The number of phenolic OH excluding ortho intramolecular Hbond substituents is 1. The van der Waals surface area contributed by atoms with Crippen molar-refractivity contribution in [1.29, 1.82) is 5.26 Å². The zero-order chi connectivity index (χ0) is 27.7. The summed E-state index contributed by atoms with van der Waals surface area (Å²) >= 11 is 1.10. The molecule has 0 spiro atoms. The van der Waals surface area contributed by atoms with Gasteiger partial charge in [-0.1, -0.05) is 0 Å². The molecule has 0 unspecified atom stereocenters. The van der Waals surface area contributed by atoms with Crippen molar-refractivity contribution in [2.24, 2.45) is 4.99 Å². The van der Waals surface area contributed by atoms with Gasteiger partial charge in [-0.25, -0.2) is 0 Å². The molecule has 0 saturated heterocycles. The van der Waals surface area contributed by atoms with Gasteiger partial charge in [0.1, 0.15) is 24.2 Å². The lowest BCUT2D eigenvalue weighted by Crippen LogP contribution is -2.23.